The maximum atomic E-state index is 15.2. The van der Waals surface area contributed by atoms with E-state index in [1.807, 2.05) is 64.4 Å². The third-order valence-corrected chi connectivity index (χ3v) is 17.2. The Morgan fingerprint density at radius 3 is 2.51 bits per heavy atom. The summed E-state index contributed by atoms with van der Waals surface area (Å²) in [4.78, 5) is 45.7. The quantitative estimate of drug-likeness (QED) is 0.231. The van der Waals surface area contributed by atoms with Gasteiger partial charge in [-0.05, 0) is 85.8 Å². The van der Waals surface area contributed by atoms with Crippen LogP contribution in [0, 0.1) is 11.8 Å². The molecule has 7 rings (SSSR count). The zero-order valence-corrected chi connectivity index (χ0v) is 33.7. The lowest BCUT2D eigenvalue weighted by Gasteiger charge is -2.37. The van der Waals surface area contributed by atoms with Crippen LogP contribution in [0.1, 0.15) is 50.2 Å². The van der Waals surface area contributed by atoms with Gasteiger partial charge in [-0.3, -0.25) is 14.4 Å². The van der Waals surface area contributed by atoms with E-state index in [0.29, 0.717) is 19.6 Å². The molecule has 1 unspecified atom stereocenters. The Hall–Kier alpha value is -3.55. The van der Waals surface area contributed by atoms with Crippen molar-refractivity contribution in [2.75, 3.05) is 43.6 Å². The number of amides is 3. The minimum absolute atomic E-state index is 0.0220. The van der Waals surface area contributed by atoms with E-state index in [4.69, 9.17) is 9.47 Å². The zero-order valence-electron chi connectivity index (χ0n) is 31.1. The average Bonchev–Trinajstić information content (AvgIpc) is 3.83. The van der Waals surface area contributed by atoms with Crippen LogP contribution in [0.3, 0.4) is 0 Å². The van der Waals surface area contributed by atoms with Crippen LogP contribution in [-0.2, 0) is 31.3 Å². The largest absolute Gasteiger partial charge is 0.497 e. The van der Waals surface area contributed by atoms with Crippen LogP contribution in [-0.4, -0.2) is 81.3 Å². The van der Waals surface area contributed by atoms with Crippen molar-refractivity contribution in [2.45, 2.75) is 82.0 Å². The molecule has 3 amide bonds. The third kappa shape index (κ3) is 6.97. The smallest absolute Gasteiger partial charge is 0.264 e. The van der Waals surface area contributed by atoms with Crippen molar-refractivity contribution in [1.29, 1.82) is 0 Å². The number of aliphatic hydroxyl groups excluding tert-OH is 1. The Morgan fingerprint density at radius 1 is 1.08 bits per heavy atom. The number of carbonyl (C=O) groups is 3. The van der Waals surface area contributed by atoms with Gasteiger partial charge in [0, 0.05) is 34.7 Å². The number of piperidine rings is 1. The number of fused-ring (bicyclic) bond motifs is 2. The molecule has 0 radical (unpaired) electrons. The Bertz CT molecular complexity index is 1830. The van der Waals surface area contributed by atoms with Gasteiger partial charge in [0.05, 0.1) is 58.5 Å². The van der Waals surface area contributed by atoms with Gasteiger partial charge < -0.3 is 35.0 Å². The highest BCUT2D eigenvalue weighted by molar-refractivity contribution is 9.10. The molecule has 4 heterocycles. The first kappa shape index (κ1) is 37.7. The number of halogens is 1. The summed E-state index contributed by atoms with van der Waals surface area (Å²) in [5.74, 6) is 0.331. The van der Waals surface area contributed by atoms with Crippen molar-refractivity contribution in [3.8, 4) is 5.75 Å². The number of rotatable bonds is 10. The molecule has 10 nitrogen and oxygen atoms in total. The average molecular weight is 804 g/mol. The van der Waals surface area contributed by atoms with Gasteiger partial charge in [0.2, 0.25) is 11.8 Å². The van der Waals surface area contributed by atoms with Crippen molar-refractivity contribution in [3.05, 3.63) is 82.3 Å². The number of benzene rings is 3. The first-order valence-corrected chi connectivity index (χ1v) is 22.8. The summed E-state index contributed by atoms with van der Waals surface area (Å²) in [6, 6.07) is 21.7. The lowest BCUT2D eigenvalue weighted by atomic mass is 9.82. The van der Waals surface area contributed by atoms with Crippen LogP contribution in [0.5, 0.6) is 5.75 Å². The first-order valence-electron chi connectivity index (χ1n) is 18.9. The molecule has 6 atom stereocenters. The molecule has 0 bridgehead atoms. The predicted molar refractivity (Wildman–Crippen MR) is 212 cm³/mol. The first-order chi connectivity index (χ1) is 25.5. The van der Waals surface area contributed by atoms with Gasteiger partial charge >= 0.3 is 0 Å². The summed E-state index contributed by atoms with van der Waals surface area (Å²) in [6.45, 7) is 9.27. The number of nitrogens with zero attached hydrogens (tertiary/aromatic N) is 2. The van der Waals surface area contributed by atoms with Crippen LogP contribution < -0.4 is 25.5 Å². The number of ether oxygens (including phenoxy) is 2. The maximum Gasteiger partial charge on any atom is 0.264 e. The van der Waals surface area contributed by atoms with Gasteiger partial charge in [-0.2, -0.15) is 0 Å². The Kier molecular flexibility index (Phi) is 10.9. The zero-order chi connectivity index (χ0) is 37.5. The highest BCUT2D eigenvalue weighted by atomic mass is 79.9. The van der Waals surface area contributed by atoms with E-state index in [0.717, 1.165) is 65.0 Å². The van der Waals surface area contributed by atoms with Gasteiger partial charge in [-0.15, -0.1) is 0 Å². The normalized spacial score (nSPS) is 27.0. The number of nitrogens with one attached hydrogen (secondary N) is 2. The maximum absolute atomic E-state index is 15.2. The summed E-state index contributed by atoms with van der Waals surface area (Å²) < 4.78 is 13.5. The van der Waals surface area contributed by atoms with Gasteiger partial charge in [-0.1, -0.05) is 65.4 Å². The summed E-state index contributed by atoms with van der Waals surface area (Å²) in [7, 11) is -0.792. The second-order valence-corrected chi connectivity index (χ2v) is 21.3. The summed E-state index contributed by atoms with van der Waals surface area (Å²) >= 11 is 3.69. The summed E-state index contributed by atoms with van der Waals surface area (Å²) in [5.41, 5.74) is 1.87. The van der Waals surface area contributed by atoms with Crippen LogP contribution in [0.15, 0.2) is 71.2 Å². The number of carbonyl (C=O) groups excluding carboxylic acids is 3. The number of hydrogen-bond donors (Lipinski definition) is 3. The van der Waals surface area contributed by atoms with E-state index in [9.17, 15) is 14.7 Å². The number of aliphatic hydroxyl groups is 1. The van der Waals surface area contributed by atoms with Crippen LogP contribution in [0.25, 0.3) is 0 Å². The van der Waals surface area contributed by atoms with Crippen LogP contribution >= 0.6 is 15.9 Å². The molecule has 53 heavy (non-hydrogen) atoms. The number of likely N-dealkylation sites (tertiary alicyclic amines) is 1. The molecule has 0 saturated carbocycles. The molecule has 3 saturated heterocycles. The van der Waals surface area contributed by atoms with E-state index >= 15 is 4.79 Å². The minimum atomic E-state index is -2.45. The van der Waals surface area contributed by atoms with E-state index < -0.39 is 19.8 Å². The van der Waals surface area contributed by atoms with Crippen molar-refractivity contribution in [3.63, 3.8) is 0 Å². The Balaban J connectivity index is 1.21. The number of methoxy groups -OCH3 is 1. The van der Waals surface area contributed by atoms with E-state index in [1.165, 1.54) is 5.19 Å². The van der Waals surface area contributed by atoms with Gasteiger partial charge in [0.25, 0.3) is 5.91 Å². The lowest BCUT2D eigenvalue weighted by molar-refractivity contribution is -0.150. The molecule has 3 aromatic carbocycles. The Morgan fingerprint density at radius 2 is 1.83 bits per heavy atom. The molecule has 3 fully saturated rings. The molecular weight excluding hydrogens is 752 g/mol. The van der Waals surface area contributed by atoms with Crippen molar-refractivity contribution in [1.82, 2.24) is 10.2 Å². The lowest BCUT2D eigenvalue weighted by Crippen LogP contribution is -2.52. The van der Waals surface area contributed by atoms with E-state index in [-0.39, 0.29) is 54.2 Å². The van der Waals surface area contributed by atoms with E-state index in [2.05, 4.69) is 58.7 Å². The van der Waals surface area contributed by atoms with Gasteiger partial charge in [0.15, 0.2) is 5.60 Å². The van der Waals surface area contributed by atoms with Crippen molar-refractivity contribution >= 4 is 58.3 Å². The molecule has 3 aromatic rings. The van der Waals surface area contributed by atoms with E-state index in [1.54, 1.807) is 7.11 Å². The highest BCUT2D eigenvalue weighted by Gasteiger charge is 2.66. The predicted octanol–water partition coefficient (Wildman–Crippen LogP) is 5.53. The fourth-order valence-corrected chi connectivity index (χ4v) is 13.9. The van der Waals surface area contributed by atoms with Crippen LogP contribution in [0.4, 0.5) is 11.4 Å². The standard InChI is InChI=1S/C41H51BrN4O6Si/c1-26-38(53(3,4)33-16-14-32(51-2)15-17-33)36(22-37(48)45-20-6-8-31(45)25-47)52-41(26)34-21-29(42)11-18-35(34)46(40(41)50)24-27-9-12-30(13-10-27)44-39(49)28-7-5-19-43-23-28/h9-18,21,26,28,31,36,38,43,47H,5-8,19-20,22-25H2,1-4H3,(H,44,49)/t26-,28?,31+,36+,38-,41+/m1/s1. The summed E-state index contributed by atoms with van der Waals surface area (Å²) in [5, 5.41) is 17.6. The third-order valence-electron chi connectivity index (χ3n) is 12.3. The molecule has 12 heteroatoms. The number of hydrogen-bond acceptors (Lipinski definition) is 7. The molecule has 4 aliphatic heterocycles. The molecule has 282 valence electrons. The summed E-state index contributed by atoms with van der Waals surface area (Å²) in [6.07, 6.45) is 3.13. The Labute approximate surface area is 321 Å². The van der Waals surface area contributed by atoms with Crippen LogP contribution in [0.2, 0.25) is 18.6 Å². The highest BCUT2D eigenvalue weighted by Crippen LogP contribution is 2.60. The monoisotopic (exact) mass is 802 g/mol. The van der Waals surface area contributed by atoms with Gasteiger partial charge in [-0.25, -0.2) is 0 Å². The molecule has 0 aromatic heterocycles. The molecule has 3 N–H and O–H groups in total. The fourth-order valence-electron chi connectivity index (χ4n) is 9.48. The van der Waals surface area contributed by atoms with Crippen molar-refractivity contribution in [2.24, 2.45) is 11.8 Å². The molecule has 1 spiro atoms. The molecule has 0 aliphatic carbocycles. The topological polar surface area (TPSA) is 120 Å². The molecule has 4 aliphatic rings. The minimum Gasteiger partial charge on any atom is -0.497 e. The second kappa shape index (κ2) is 15.3. The van der Waals surface area contributed by atoms with Crippen molar-refractivity contribution < 1.29 is 29.0 Å². The fraction of sp³-hybridized carbons (Fsp3) is 0.488. The molecular formula is C41H51BrN4O6Si. The SMILES string of the molecule is COc1ccc([Si](C)(C)[C@H]2[C@H](CC(=O)N3CCC[C@H]3CO)O[C@@]3(C(=O)N(Cc4ccc(NC(=O)C5CCCNC5)cc4)c4ccc(Br)cc43)[C@@H]2C)cc1. The number of anilines is 2. The van der Waals surface area contributed by atoms with Gasteiger partial charge in [0.1, 0.15) is 5.75 Å². The second-order valence-electron chi connectivity index (χ2n) is 15.7.